The second-order valence-corrected chi connectivity index (χ2v) is 29.1. The third kappa shape index (κ3) is 10.1. The summed E-state index contributed by atoms with van der Waals surface area (Å²) in [6.07, 6.45) is 1.34. The fourth-order valence-corrected chi connectivity index (χ4v) is 9.53. The van der Waals surface area contributed by atoms with Crippen molar-refractivity contribution < 1.29 is 13.9 Å². The Labute approximate surface area is 388 Å². The molecule has 0 unspecified atom stereocenters. The van der Waals surface area contributed by atoms with Gasteiger partial charge in [-0.25, -0.2) is 13.8 Å². The Morgan fingerprint density at radius 2 is 1.17 bits per heavy atom. The van der Waals surface area contributed by atoms with Crippen molar-refractivity contribution in [3.63, 3.8) is 0 Å². The van der Waals surface area contributed by atoms with Crippen LogP contribution in [0.1, 0.15) is 117 Å². The summed E-state index contributed by atoms with van der Waals surface area (Å²) in [6, 6.07) is 37.6. The van der Waals surface area contributed by atoms with Gasteiger partial charge in [-0.15, -0.1) is 0 Å². The number of phenolic OH excluding ortho intramolecular Hbond substituents is 1. The number of imidazole rings is 1. The van der Waals surface area contributed by atoms with Gasteiger partial charge in [0, 0.05) is 48.5 Å². The Balaban J connectivity index is 1.56. The summed E-state index contributed by atoms with van der Waals surface area (Å²) in [4.78, 5) is 10.3. The number of para-hydroxylation sites is 1. The van der Waals surface area contributed by atoms with Crippen LogP contribution >= 0.6 is 0 Å². The van der Waals surface area contributed by atoms with Crippen molar-refractivity contribution in [3.05, 3.63) is 143 Å². The van der Waals surface area contributed by atoms with Crippen molar-refractivity contribution in [1.82, 2.24) is 14.5 Å². The Morgan fingerprint density at radius 3 is 1.78 bits per heavy atom. The third-order valence-electron chi connectivity index (χ3n) is 12.7. The summed E-state index contributed by atoms with van der Waals surface area (Å²) in [5.74, 6) is -2.13. The highest BCUT2D eigenvalue weighted by Crippen LogP contribution is 2.46. The first-order valence-corrected chi connectivity index (χ1v) is 26.8. The zero-order chi connectivity index (χ0) is 47.7. The predicted octanol–water partition coefficient (Wildman–Crippen LogP) is 16.8. The van der Waals surface area contributed by atoms with Gasteiger partial charge in [-0.1, -0.05) is 169 Å². The van der Waals surface area contributed by atoms with Gasteiger partial charge >= 0.3 is 0 Å². The van der Waals surface area contributed by atoms with E-state index in [1.165, 1.54) is 17.8 Å². The Morgan fingerprint density at radius 1 is 0.554 bits per heavy atom. The van der Waals surface area contributed by atoms with E-state index in [9.17, 15) is 5.11 Å². The van der Waals surface area contributed by atoms with E-state index in [1.54, 1.807) is 6.07 Å². The maximum absolute atomic E-state index is 15.9. The molecule has 0 atom stereocenters. The monoisotopic (exact) mass is 890 g/mol. The number of benzene rings is 5. The summed E-state index contributed by atoms with van der Waals surface area (Å²) in [5, 5.41) is 12.5. The lowest BCUT2D eigenvalue weighted by Gasteiger charge is -2.28. The second-order valence-electron chi connectivity index (χ2n) is 23.5. The Bertz CT molecular complexity index is 2880. The maximum atomic E-state index is 15.9. The minimum Gasteiger partial charge on any atom is -0.507 e. The molecule has 0 fully saturated rings. The number of alkyl halides is 2. The summed E-state index contributed by atoms with van der Waals surface area (Å²) in [5.41, 5.74) is 11.7. The van der Waals surface area contributed by atoms with Gasteiger partial charge in [0.05, 0.1) is 28.0 Å². The molecule has 0 radical (unpaired) electrons. The molecule has 1 N–H and O–H groups in total. The molecule has 7 aromatic rings. The van der Waals surface area contributed by atoms with Crippen LogP contribution in [0, 0.1) is 0 Å². The molecule has 0 saturated carbocycles. The molecule has 0 spiro atoms. The van der Waals surface area contributed by atoms with Gasteiger partial charge in [0.15, 0.2) is 0 Å². The SMILES string of the molecule is CC(C)(C)c1cc(-c2cc(C(F)(F)CC[Si](C)(C)C)ccn2)cc(-c2cccc3c2nc(-c2cc(C(C)(C)C)cc(C(C)(C)C)c2O)n3-c2ccc(C(C)(C)C)cc2-c2ccccc2)c1. The van der Waals surface area contributed by atoms with Crippen LogP contribution in [0.5, 0.6) is 5.75 Å². The predicted molar refractivity (Wildman–Crippen MR) is 274 cm³/mol. The number of aromatic hydroxyl groups is 1. The minimum atomic E-state index is -2.97. The van der Waals surface area contributed by atoms with Gasteiger partial charge in [-0.05, 0) is 98.0 Å². The average Bonchev–Trinajstić information content (AvgIpc) is 3.61. The maximum Gasteiger partial charge on any atom is 0.273 e. The van der Waals surface area contributed by atoms with Crippen molar-refractivity contribution >= 4 is 19.1 Å². The van der Waals surface area contributed by atoms with Crippen molar-refractivity contribution in [2.24, 2.45) is 0 Å². The number of hydrogen-bond donors (Lipinski definition) is 1. The molecule has 7 heteroatoms. The standard InChI is InChI=1S/C58H69F2N3OSi/c1-54(2,3)40-24-25-49(45(33-40)37-20-17-16-18-21-37)63-50-23-19-22-44(51(50)62-53(63)46-34-43(56(7,8)9)35-47(52(46)64)57(10,11)12)38-30-39(32-42(31-38)55(4,5)6)48-36-41(26-28-61-48)58(59,60)27-29-65(13,14)15/h16-26,28,30-36,64H,27,29H2,1-15H3. The molecule has 0 amide bonds. The van der Waals surface area contributed by atoms with E-state index in [-0.39, 0.29) is 39.4 Å². The Hall–Kier alpha value is -5.40. The quantitative estimate of drug-likeness (QED) is 0.147. The van der Waals surface area contributed by atoms with Gasteiger partial charge in [0.1, 0.15) is 11.6 Å². The van der Waals surface area contributed by atoms with E-state index < -0.39 is 14.0 Å². The van der Waals surface area contributed by atoms with Crippen LogP contribution in [0.25, 0.3) is 61.6 Å². The molecule has 0 saturated heterocycles. The molecular formula is C58H69F2N3OSi. The molecule has 7 rings (SSSR count). The van der Waals surface area contributed by atoms with E-state index in [0.29, 0.717) is 23.1 Å². The highest BCUT2D eigenvalue weighted by atomic mass is 28.3. The number of pyridine rings is 1. The normalized spacial score (nSPS) is 13.2. The first kappa shape index (κ1) is 47.6. The molecule has 4 nitrogen and oxygen atoms in total. The molecule has 0 aliphatic heterocycles. The smallest absolute Gasteiger partial charge is 0.273 e. The molecule has 2 heterocycles. The molecule has 0 bridgehead atoms. The van der Waals surface area contributed by atoms with Gasteiger partial charge in [-0.2, -0.15) is 0 Å². The van der Waals surface area contributed by atoms with E-state index in [1.807, 2.05) is 6.07 Å². The van der Waals surface area contributed by atoms with E-state index >= 15 is 8.78 Å². The molecule has 0 aliphatic carbocycles. The topological polar surface area (TPSA) is 50.9 Å². The molecule has 0 aliphatic rings. The largest absolute Gasteiger partial charge is 0.507 e. The summed E-state index contributed by atoms with van der Waals surface area (Å²) >= 11 is 0. The fraction of sp³-hybridized carbons (Fsp3) is 0.379. The molecule has 340 valence electrons. The van der Waals surface area contributed by atoms with Crippen molar-refractivity contribution in [1.29, 1.82) is 0 Å². The third-order valence-corrected chi connectivity index (χ3v) is 14.4. The summed E-state index contributed by atoms with van der Waals surface area (Å²) in [7, 11) is -1.69. The van der Waals surface area contributed by atoms with Gasteiger partial charge in [0.25, 0.3) is 5.92 Å². The number of hydrogen-bond acceptors (Lipinski definition) is 3. The van der Waals surface area contributed by atoms with Crippen LogP contribution in [0.3, 0.4) is 0 Å². The highest BCUT2D eigenvalue weighted by Gasteiger charge is 2.34. The average molecular weight is 890 g/mol. The Kier molecular flexibility index (Phi) is 12.3. The van der Waals surface area contributed by atoms with E-state index in [4.69, 9.17) is 9.97 Å². The van der Waals surface area contributed by atoms with Crippen molar-refractivity contribution in [2.45, 2.75) is 143 Å². The van der Waals surface area contributed by atoms with Gasteiger partial charge in [-0.3, -0.25) is 9.55 Å². The van der Waals surface area contributed by atoms with Gasteiger partial charge < -0.3 is 5.11 Å². The lowest BCUT2D eigenvalue weighted by Crippen LogP contribution is -2.24. The van der Waals surface area contributed by atoms with Crippen LogP contribution in [0.4, 0.5) is 8.78 Å². The van der Waals surface area contributed by atoms with Crippen LogP contribution in [-0.2, 0) is 27.6 Å². The molecule has 5 aromatic carbocycles. The van der Waals surface area contributed by atoms with E-state index in [0.717, 1.165) is 61.2 Å². The van der Waals surface area contributed by atoms with Crippen LogP contribution < -0.4 is 0 Å². The number of fused-ring (bicyclic) bond motifs is 1. The van der Waals surface area contributed by atoms with Crippen LogP contribution in [-0.4, -0.2) is 27.7 Å². The number of halogens is 2. The first-order valence-electron chi connectivity index (χ1n) is 23.1. The number of rotatable bonds is 9. The minimum absolute atomic E-state index is 0.00688. The zero-order valence-corrected chi connectivity index (χ0v) is 42.4. The lowest BCUT2D eigenvalue weighted by atomic mass is 9.79. The fourth-order valence-electron chi connectivity index (χ4n) is 8.47. The molecule has 65 heavy (non-hydrogen) atoms. The van der Waals surface area contributed by atoms with Crippen molar-refractivity contribution in [2.75, 3.05) is 0 Å². The zero-order valence-electron chi connectivity index (χ0n) is 41.4. The van der Waals surface area contributed by atoms with Gasteiger partial charge in [0.2, 0.25) is 0 Å². The lowest BCUT2D eigenvalue weighted by molar-refractivity contribution is -0.00862. The second kappa shape index (κ2) is 16.8. The van der Waals surface area contributed by atoms with Crippen LogP contribution in [0.2, 0.25) is 25.7 Å². The number of aromatic nitrogens is 3. The molecule has 2 aromatic heterocycles. The highest BCUT2D eigenvalue weighted by molar-refractivity contribution is 6.76. The first-order chi connectivity index (χ1) is 30.0. The summed E-state index contributed by atoms with van der Waals surface area (Å²) < 4.78 is 34.0. The van der Waals surface area contributed by atoms with Crippen LogP contribution in [0.15, 0.2) is 115 Å². The van der Waals surface area contributed by atoms with Crippen molar-refractivity contribution in [3.8, 4) is 56.3 Å². The number of phenols is 1. The number of nitrogens with zero attached hydrogens (tertiary/aromatic N) is 3. The molecular weight excluding hydrogens is 821 g/mol. The summed E-state index contributed by atoms with van der Waals surface area (Å²) in [6.45, 7) is 32.6. The van der Waals surface area contributed by atoms with E-state index in [2.05, 4.69) is 198 Å².